The van der Waals surface area contributed by atoms with Crippen molar-refractivity contribution in [3.8, 4) is 0 Å². The largest absolute Gasteiger partial charge is 0.396 e. The Morgan fingerprint density at radius 2 is 2.21 bits per heavy atom. The van der Waals surface area contributed by atoms with Gasteiger partial charge >= 0.3 is 0 Å². The van der Waals surface area contributed by atoms with E-state index in [4.69, 9.17) is 5.11 Å². The Morgan fingerprint density at radius 3 is 2.79 bits per heavy atom. The number of carbonyl (C=O) groups is 1. The van der Waals surface area contributed by atoms with Gasteiger partial charge in [0.15, 0.2) is 0 Å². The number of aliphatic hydroxyl groups is 1. The second kappa shape index (κ2) is 6.39. The van der Waals surface area contributed by atoms with E-state index in [-0.39, 0.29) is 24.1 Å². The zero-order valence-electron chi connectivity index (χ0n) is 10.7. The van der Waals surface area contributed by atoms with Crippen LogP contribution in [0.15, 0.2) is 23.1 Å². The maximum atomic E-state index is 13.8. The lowest BCUT2D eigenvalue weighted by Crippen LogP contribution is -2.45. The van der Waals surface area contributed by atoms with Gasteiger partial charge in [0.05, 0.1) is 5.56 Å². The molecule has 5 heteroatoms. The number of aliphatic hydroxyl groups excluding tert-OH is 1. The van der Waals surface area contributed by atoms with Crippen LogP contribution in [0.4, 0.5) is 4.39 Å². The van der Waals surface area contributed by atoms with Crippen LogP contribution in [0.5, 0.6) is 0 Å². The summed E-state index contributed by atoms with van der Waals surface area (Å²) in [5, 5.41) is 8.91. The van der Waals surface area contributed by atoms with Crippen molar-refractivity contribution >= 4 is 18.5 Å². The van der Waals surface area contributed by atoms with Gasteiger partial charge in [-0.3, -0.25) is 4.79 Å². The van der Waals surface area contributed by atoms with Crippen LogP contribution in [-0.4, -0.2) is 35.1 Å². The third-order valence-electron chi connectivity index (χ3n) is 3.51. The van der Waals surface area contributed by atoms with Crippen molar-refractivity contribution in [3.63, 3.8) is 0 Å². The van der Waals surface area contributed by atoms with Crippen molar-refractivity contribution in [3.05, 3.63) is 29.6 Å². The number of hydrogen-bond donors (Lipinski definition) is 2. The fourth-order valence-electron chi connectivity index (χ4n) is 2.22. The molecule has 1 fully saturated rings. The van der Waals surface area contributed by atoms with E-state index in [0.29, 0.717) is 17.9 Å². The number of thiol groups is 1. The molecule has 0 bridgehead atoms. The highest BCUT2D eigenvalue weighted by molar-refractivity contribution is 7.80. The van der Waals surface area contributed by atoms with Crippen LogP contribution in [0.1, 0.15) is 36.0 Å². The van der Waals surface area contributed by atoms with Crippen LogP contribution < -0.4 is 0 Å². The number of halogens is 1. The summed E-state index contributed by atoms with van der Waals surface area (Å²) in [6.45, 7) is 0.502. The molecule has 1 aromatic carbocycles. The first-order valence-corrected chi connectivity index (χ1v) is 6.98. The van der Waals surface area contributed by atoms with Crippen LogP contribution in [-0.2, 0) is 0 Å². The summed E-state index contributed by atoms with van der Waals surface area (Å²) < 4.78 is 13.8. The van der Waals surface area contributed by atoms with Crippen molar-refractivity contribution in [2.45, 2.75) is 36.6 Å². The maximum Gasteiger partial charge on any atom is 0.257 e. The predicted octanol–water partition coefficient (Wildman–Crippen LogP) is 2.49. The second-order valence-corrected chi connectivity index (χ2v) is 5.34. The molecule has 0 spiro atoms. The molecule has 1 aromatic rings. The molecule has 0 aliphatic heterocycles. The van der Waals surface area contributed by atoms with Crippen molar-refractivity contribution in [2.24, 2.45) is 0 Å². The molecule has 0 saturated heterocycles. The SMILES string of the molecule is O=C(c1cc(S)ccc1F)N(CCCO)C1CCC1. The Bertz CT molecular complexity index is 463. The first-order valence-electron chi connectivity index (χ1n) is 6.54. The molecule has 0 aromatic heterocycles. The number of carbonyl (C=O) groups excluding carboxylic acids is 1. The average molecular weight is 283 g/mol. The topological polar surface area (TPSA) is 40.5 Å². The van der Waals surface area contributed by atoms with Gasteiger partial charge in [-0.1, -0.05) is 0 Å². The Morgan fingerprint density at radius 1 is 1.47 bits per heavy atom. The van der Waals surface area contributed by atoms with Gasteiger partial charge in [-0.25, -0.2) is 4.39 Å². The van der Waals surface area contributed by atoms with E-state index >= 15 is 0 Å². The van der Waals surface area contributed by atoms with Crippen molar-refractivity contribution in [2.75, 3.05) is 13.2 Å². The van der Waals surface area contributed by atoms with Crippen LogP contribution in [0.3, 0.4) is 0 Å². The van der Waals surface area contributed by atoms with Crippen molar-refractivity contribution < 1.29 is 14.3 Å². The summed E-state index contributed by atoms with van der Waals surface area (Å²) in [5.74, 6) is -0.817. The van der Waals surface area contributed by atoms with Crippen LogP contribution >= 0.6 is 12.6 Å². The fourth-order valence-corrected chi connectivity index (χ4v) is 2.42. The predicted molar refractivity (Wildman–Crippen MR) is 74.0 cm³/mol. The molecule has 0 unspecified atom stereocenters. The molecule has 0 heterocycles. The van der Waals surface area contributed by atoms with Gasteiger partial charge in [0.1, 0.15) is 5.82 Å². The van der Waals surface area contributed by atoms with Gasteiger partial charge in [0.2, 0.25) is 0 Å². The molecule has 0 radical (unpaired) electrons. The lowest BCUT2D eigenvalue weighted by atomic mass is 9.90. The van der Waals surface area contributed by atoms with Gasteiger partial charge in [-0.15, -0.1) is 12.6 Å². The lowest BCUT2D eigenvalue weighted by molar-refractivity contribution is 0.0557. The van der Waals surface area contributed by atoms with E-state index < -0.39 is 5.82 Å². The molecule has 104 valence electrons. The van der Waals surface area contributed by atoms with Crippen LogP contribution in [0, 0.1) is 5.82 Å². The lowest BCUT2D eigenvalue weighted by Gasteiger charge is -2.37. The van der Waals surface area contributed by atoms with E-state index in [1.54, 1.807) is 4.90 Å². The Labute approximate surface area is 117 Å². The van der Waals surface area contributed by atoms with Gasteiger partial charge in [0.25, 0.3) is 5.91 Å². The number of benzene rings is 1. The number of hydrogen-bond acceptors (Lipinski definition) is 3. The first kappa shape index (κ1) is 14.3. The average Bonchev–Trinajstić information content (AvgIpc) is 2.34. The van der Waals surface area contributed by atoms with Gasteiger partial charge < -0.3 is 10.0 Å². The molecule has 1 aliphatic carbocycles. The van der Waals surface area contributed by atoms with E-state index in [1.165, 1.54) is 18.2 Å². The highest BCUT2D eigenvalue weighted by Crippen LogP contribution is 2.27. The van der Waals surface area contributed by atoms with E-state index in [9.17, 15) is 9.18 Å². The van der Waals surface area contributed by atoms with Gasteiger partial charge in [-0.2, -0.15) is 0 Å². The minimum atomic E-state index is -0.517. The molecule has 1 amide bonds. The monoisotopic (exact) mass is 283 g/mol. The molecule has 19 heavy (non-hydrogen) atoms. The normalized spacial score (nSPS) is 15.1. The molecule has 3 nitrogen and oxygen atoms in total. The summed E-state index contributed by atoms with van der Waals surface area (Å²) in [7, 11) is 0. The van der Waals surface area contributed by atoms with Gasteiger partial charge in [-0.05, 0) is 43.9 Å². The van der Waals surface area contributed by atoms with Crippen molar-refractivity contribution in [1.82, 2.24) is 4.90 Å². The highest BCUT2D eigenvalue weighted by atomic mass is 32.1. The zero-order valence-corrected chi connectivity index (χ0v) is 11.6. The summed E-state index contributed by atoms with van der Waals surface area (Å²) in [5.41, 5.74) is 0.0670. The Kier molecular flexibility index (Phi) is 4.82. The summed E-state index contributed by atoms with van der Waals surface area (Å²) in [4.78, 5) is 14.7. The maximum absolute atomic E-state index is 13.8. The highest BCUT2D eigenvalue weighted by Gasteiger charge is 2.30. The van der Waals surface area contributed by atoms with E-state index in [0.717, 1.165) is 19.3 Å². The fraction of sp³-hybridized carbons (Fsp3) is 0.500. The van der Waals surface area contributed by atoms with E-state index in [2.05, 4.69) is 12.6 Å². The Hall–Kier alpha value is -1.07. The molecule has 0 atom stereocenters. The molecule has 1 aliphatic rings. The first-order chi connectivity index (χ1) is 9.13. The third kappa shape index (κ3) is 3.28. The standard InChI is InChI=1S/C14H18FNO2S/c15-13-6-5-11(19)9-12(13)14(18)16(7-2-8-17)10-3-1-4-10/h5-6,9-10,17,19H,1-4,7-8H2. The molecule has 2 rings (SSSR count). The summed E-state index contributed by atoms with van der Waals surface area (Å²) >= 11 is 4.15. The van der Waals surface area contributed by atoms with Crippen LogP contribution in [0.25, 0.3) is 0 Å². The summed E-state index contributed by atoms with van der Waals surface area (Å²) in [6, 6.07) is 4.43. The Balaban J connectivity index is 2.19. The van der Waals surface area contributed by atoms with E-state index in [1.807, 2.05) is 0 Å². The molecule has 1 saturated carbocycles. The third-order valence-corrected chi connectivity index (χ3v) is 3.79. The summed E-state index contributed by atoms with van der Waals surface area (Å²) in [6.07, 6.45) is 3.53. The van der Waals surface area contributed by atoms with Gasteiger partial charge in [0, 0.05) is 24.1 Å². The minimum absolute atomic E-state index is 0.0333. The van der Waals surface area contributed by atoms with Crippen molar-refractivity contribution in [1.29, 1.82) is 0 Å². The molecular weight excluding hydrogens is 265 g/mol. The number of nitrogens with zero attached hydrogens (tertiary/aromatic N) is 1. The minimum Gasteiger partial charge on any atom is -0.396 e. The second-order valence-electron chi connectivity index (χ2n) is 4.82. The molecule has 1 N–H and O–H groups in total. The quantitative estimate of drug-likeness (QED) is 0.815. The number of rotatable bonds is 5. The van der Waals surface area contributed by atoms with Crippen LogP contribution in [0.2, 0.25) is 0 Å². The zero-order chi connectivity index (χ0) is 13.8. The smallest absolute Gasteiger partial charge is 0.257 e. The molecular formula is C14H18FNO2S. The number of amides is 1.